The quantitative estimate of drug-likeness (QED) is 0.503. The molecular weight excluding hydrogens is 421 g/mol. The third kappa shape index (κ3) is 6.87. The maximum atomic E-state index is 13.6. The van der Waals surface area contributed by atoms with Crippen LogP contribution in [0.1, 0.15) is 37.0 Å². The van der Waals surface area contributed by atoms with Crippen molar-refractivity contribution in [1.29, 1.82) is 0 Å². The third-order valence-electron chi connectivity index (χ3n) is 4.81. The van der Waals surface area contributed by atoms with Gasteiger partial charge in [0.1, 0.15) is 5.84 Å². The van der Waals surface area contributed by atoms with Gasteiger partial charge in [-0.05, 0) is 44.3 Å². The fourth-order valence-electron chi connectivity index (χ4n) is 3.02. The Kier molecular flexibility index (Phi) is 8.31. The summed E-state index contributed by atoms with van der Waals surface area (Å²) >= 11 is 12.0. The van der Waals surface area contributed by atoms with Crippen LogP contribution in [0.3, 0.4) is 0 Å². The van der Waals surface area contributed by atoms with E-state index in [-0.39, 0.29) is 49.4 Å². The second-order valence-corrected chi connectivity index (χ2v) is 7.79. The highest BCUT2D eigenvalue weighted by molar-refractivity contribution is 6.36. The normalized spacial score (nSPS) is 19.0. The third-order valence-corrected chi connectivity index (χ3v) is 5.36. The zero-order chi connectivity index (χ0) is 21.6. The predicted octanol–water partition coefficient (Wildman–Crippen LogP) is 4.85. The molecule has 0 saturated carbocycles. The zero-order valence-electron chi connectivity index (χ0n) is 16.4. The van der Waals surface area contributed by atoms with E-state index in [1.165, 1.54) is 6.07 Å². The van der Waals surface area contributed by atoms with Crippen molar-refractivity contribution < 1.29 is 13.6 Å². The van der Waals surface area contributed by atoms with Crippen LogP contribution in [-0.4, -0.2) is 55.0 Å². The van der Waals surface area contributed by atoms with Crippen LogP contribution in [0.5, 0.6) is 0 Å². The number of piperidine rings is 1. The molecule has 1 unspecified atom stereocenters. The first-order valence-corrected chi connectivity index (χ1v) is 9.91. The summed E-state index contributed by atoms with van der Waals surface area (Å²) < 4.78 is 27.2. The Morgan fingerprint density at radius 2 is 2.00 bits per heavy atom. The molecule has 0 bridgehead atoms. The number of carbonyl (C=O) groups excluding carboxylic acids is 1. The van der Waals surface area contributed by atoms with Crippen LogP contribution < -0.4 is 5.32 Å². The highest BCUT2D eigenvalue weighted by atomic mass is 35.5. The van der Waals surface area contributed by atoms with Gasteiger partial charge in [0.05, 0.1) is 10.6 Å². The van der Waals surface area contributed by atoms with Gasteiger partial charge in [-0.2, -0.15) is 0 Å². The highest BCUT2D eigenvalue weighted by Crippen LogP contribution is 2.29. The van der Waals surface area contributed by atoms with Crippen molar-refractivity contribution in [2.75, 3.05) is 19.6 Å². The van der Waals surface area contributed by atoms with E-state index < -0.39 is 5.92 Å². The summed E-state index contributed by atoms with van der Waals surface area (Å²) in [5.74, 6) is -2.52. The molecule has 1 aromatic rings. The lowest BCUT2D eigenvalue weighted by molar-refractivity contribution is -0.0602. The number of rotatable bonds is 6. The van der Waals surface area contributed by atoms with E-state index in [0.717, 1.165) is 5.57 Å². The molecule has 1 aliphatic heterocycles. The molecule has 29 heavy (non-hydrogen) atoms. The highest BCUT2D eigenvalue weighted by Gasteiger charge is 2.36. The van der Waals surface area contributed by atoms with Gasteiger partial charge in [-0.25, -0.2) is 18.8 Å². The second-order valence-electron chi connectivity index (χ2n) is 6.95. The van der Waals surface area contributed by atoms with Gasteiger partial charge >= 0.3 is 0 Å². The lowest BCUT2D eigenvalue weighted by Gasteiger charge is -2.38. The molecule has 1 atom stereocenters. The number of nitrogens with zero attached hydrogens (tertiary/aromatic N) is 3. The maximum Gasteiger partial charge on any atom is 0.252 e. The average Bonchev–Trinajstić information content (AvgIpc) is 2.66. The molecule has 158 valence electrons. The molecule has 0 radical (unpaired) electrons. The summed E-state index contributed by atoms with van der Waals surface area (Å²) in [5.41, 5.74) is 1.12. The van der Waals surface area contributed by atoms with Gasteiger partial charge in [0.15, 0.2) is 0 Å². The number of likely N-dealkylation sites (tertiary alicyclic amines) is 1. The first-order chi connectivity index (χ1) is 13.6. The van der Waals surface area contributed by atoms with Gasteiger partial charge in [-0.1, -0.05) is 23.2 Å². The Morgan fingerprint density at radius 3 is 2.59 bits per heavy atom. The van der Waals surface area contributed by atoms with Crippen molar-refractivity contribution >= 4 is 41.7 Å². The van der Waals surface area contributed by atoms with Gasteiger partial charge in [0.2, 0.25) is 0 Å². The van der Waals surface area contributed by atoms with Crippen LogP contribution in [0.2, 0.25) is 10.0 Å². The molecule has 0 spiro atoms. The number of amidine groups is 1. The molecule has 1 aromatic carbocycles. The molecule has 2 rings (SSSR count). The largest absolute Gasteiger partial charge is 0.350 e. The van der Waals surface area contributed by atoms with Crippen LogP contribution in [-0.2, 0) is 0 Å². The number of carbonyl (C=O) groups is 1. The van der Waals surface area contributed by atoms with Crippen molar-refractivity contribution in [2.24, 2.45) is 9.98 Å². The lowest BCUT2D eigenvalue weighted by Crippen LogP contribution is -2.50. The molecule has 5 nitrogen and oxygen atoms in total. The van der Waals surface area contributed by atoms with Gasteiger partial charge < -0.3 is 5.32 Å². The minimum Gasteiger partial charge on any atom is -0.350 e. The molecule has 1 fully saturated rings. The molecular formula is C20H24Cl2F2N4O. The lowest BCUT2D eigenvalue weighted by atomic mass is 10.0. The van der Waals surface area contributed by atoms with Crippen molar-refractivity contribution in [3.63, 3.8) is 0 Å². The van der Waals surface area contributed by atoms with E-state index >= 15 is 0 Å². The maximum absolute atomic E-state index is 13.6. The summed E-state index contributed by atoms with van der Waals surface area (Å²) in [4.78, 5) is 22.4. The van der Waals surface area contributed by atoms with Gasteiger partial charge in [0, 0.05) is 49.7 Å². The van der Waals surface area contributed by atoms with Gasteiger partial charge in [-0.15, -0.1) is 0 Å². The van der Waals surface area contributed by atoms with Crippen LogP contribution >= 0.6 is 23.2 Å². The number of halogens is 4. The van der Waals surface area contributed by atoms with E-state index in [4.69, 9.17) is 23.2 Å². The molecule has 1 amide bonds. The predicted molar refractivity (Wildman–Crippen MR) is 115 cm³/mol. The number of hydrogen-bond donors (Lipinski definition) is 1. The Hall–Kier alpha value is -1.83. The summed E-state index contributed by atoms with van der Waals surface area (Å²) in [7, 11) is 0. The van der Waals surface area contributed by atoms with E-state index in [1.54, 1.807) is 25.3 Å². The smallest absolute Gasteiger partial charge is 0.252 e. The minimum absolute atomic E-state index is 0.218. The Bertz CT molecular complexity index is 817. The molecule has 0 aromatic heterocycles. The second kappa shape index (κ2) is 10.3. The van der Waals surface area contributed by atoms with Crippen molar-refractivity contribution in [3.05, 3.63) is 45.6 Å². The summed E-state index contributed by atoms with van der Waals surface area (Å²) in [5, 5.41) is 3.52. The van der Waals surface area contributed by atoms with E-state index in [0.29, 0.717) is 16.4 Å². The van der Waals surface area contributed by atoms with E-state index in [9.17, 15) is 13.6 Å². The molecule has 1 N–H and O–H groups in total. The van der Waals surface area contributed by atoms with Crippen molar-refractivity contribution in [1.82, 2.24) is 10.2 Å². The fraction of sp³-hybridized carbons (Fsp3) is 0.450. The number of benzene rings is 1. The standard InChI is InChI=1S/C20H24Cl2F2N4O/c1-13(11-26-14(2)25-3)18(28-8-6-20(23,24)7-9-28)12-27-19(29)16-5-4-15(21)10-17(16)22/h4-5,10-11,18H,3,6-9,12H2,1-2H3,(H,27,29)/b13-11+,26-14?. The molecule has 1 aliphatic rings. The number of alkyl halides is 2. The summed E-state index contributed by atoms with van der Waals surface area (Å²) in [6.07, 6.45) is 1.19. The number of nitrogens with one attached hydrogen (secondary N) is 1. The molecule has 1 heterocycles. The molecule has 0 aliphatic carbocycles. The SMILES string of the molecule is C=NC(C)=N/C=C(\C)C(CNC(=O)c1ccc(Cl)cc1Cl)N1CCC(F)(F)CC1. The summed E-state index contributed by atoms with van der Waals surface area (Å²) in [6.45, 7) is 7.64. The molecule has 9 heteroatoms. The molecule has 1 saturated heterocycles. The van der Waals surface area contributed by atoms with Gasteiger partial charge in [-0.3, -0.25) is 9.69 Å². The van der Waals surface area contributed by atoms with E-state index in [1.807, 2.05) is 11.8 Å². The van der Waals surface area contributed by atoms with E-state index in [2.05, 4.69) is 22.0 Å². The van der Waals surface area contributed by atoms with Gasteiger partial charge in [0.25, 0.3) is 11.8 Å². The van der Waals surface area contributed by atoms with Crippen LogP contribution in [0.4, 0.5) is 8.78 Å². The number of amides is 1. The monoisotopic (exact) mass is 444 g/mol. The zero-order valence-corrected chi connectivity index (χ0v) is 17.9. The van der Waals surface area contributed by atoms with Crippen LogP contribution in [0, 0.1) is 0 Å². The summed E-state index contributed by atoms with van der Waals surface area (Å²) in [6, 6.07) is 4.33. The Balaban J connectivity index is 2.16. The average molecular weight is 445 g/mol. The Morgan fingerprint density at radius 1 is 1.34 bits per heavy atom. The van der Waals surface area contributed by atoms with Crippen molar-refractivity contribution in [3.8, 4) is 0 Å². The van der Waals surface area contributed by atoms with Crippen LogP contribution in [0.25, 0.3) is 0 Å². The fourth-order valence-corrected chi connectivity index (χ4v) is 3.52. The first-order valence-electron chi connectivity index (χ1n) is 9.16. The van der Waals surface area contributed by atoms with Crippen molar-refractivity contribution in [2.45, 2.75) is 38.7 Å². The number of aliphatic imine (C=N–C) groups is 2. The van der Waals surface area contributed by atoms with Crippen LogP contribution in [0.15, 0.2) is 40.0 Å². The first kappa shape index (κ1) is 23.4. The Labute approximate surface area is 179 Å². The topological polar surface area (TPSA) is 57.1 Å². The minimum atomic E-state index is -2.65. The number of hydrogen-bond acceptors (Lipinski definition) is 3.